The summed E-state index contributed by atoms with van der Waals surface area (Å²) in [7, 11) is 0. The molecule has 0 amide bonds. The van der Waals surface area contributed by atoms with E-state index in [0.717, 1.165) is 37.3 Å². The molecule has 24 heavy (non-hydrogen) atoms. The van der Waals surface area contributed by atoms with Crippen LogP contribution in [-0.4, -0.2) is 0 Å². The van der Waals surface area contributed by atoms with E-state index in [-0.39, 0.29) is 5.92 Å². The van der Waals surface area contributed by atoms with Crippen LogP contribution in [0.25, 0.3) is 0 Å². The fourth-order valence-electron chi connectivity index (χ4n) is 4.57. The van der Waals surface area contributed by atoms with Crippen LogP contribution >= 0.6 is 0 Å². The lowest BCUT2D eigenvalue weighted by molar-refractivity contribution is 0.279. The molecule has 0 aliphatic heterocycles. The van der Waals surface area contributed by atoms with E-state index < -0.39 is 17.5 Å². The van der Waals surface area contributed by atoms with Crippen molar-refractivity contribution in [1.29, 1.82) is 0 Å². The molecule has 2 aliphatic carbocycles. The van der Waals surface area contributed by atoms with Gasteiger partial charge in [0.25, 0.3) is 0 Å². The lowest BCUT2D eigenvalue weighted by Crippen LogP contribution is -2.18. The van der Waals surface area contributed by atoms with Crippen LogP contribution in [0, 0.1) is 29.3 Å². The van der Waals surface area contributed by atoms with E-state index in [0.29, 0.717) is 11.5 Å². The predicted octanol–water partition coefficient (Wildman–Crippen LogP) is 6.90. The van der Waals surface area contributed by atoms with E-state index in [1.54, 1.807) is 5.57 Å². The molecule has 1 fully saturated rings. The van der Waals surface area contributed by atoms with Crippen LogP contribution in [0.1, 0.15) is 76.2 Å². The smallest absolute Gasteiger partial charge is 0.194 e. The average Bonchev–Trinajstić information content (AvgIpc) is 2.60. The van der Waals surface area contributed by atoms with Gasteiger partial charge in [-0.3, -0.25) is 0 Å². The molecule has 0 bridgehead atoms. The molecule has 1 atom stereocenters. The minimum atomic E-state index is -1.37. The normalized spacial score (nSPS) is 27.8. The summed E-state index contributed by atoms with van der Waals surface area (Å²) < 4.78 is 40.0. The predicted molar refractivity (Wildman–Crippen MR) is 91.3 cm³/mol. The zero-order chi connectivity index (χ0) is 17.1. The van der Waals surface area contributed by atoms with Crippen molar-refractivity contribution in [2.75, 3.05) is 0 Å². The maximum absolute atomic E-state index is 13.4. The van der Waals surface area contributed by atoms with Crippen molar-refractivity contribution in [2.45, 2.75) is 70.6 Å². The molecule has 1 aromatic carbocycles. The van der Waals surface area contributed by atoms with E-state index in [4.69, 9.17) is 0 Å². The Kier molecular flexibility index (Phi) is 5.68. The van der Waals surface area contributed by atoms with Crippen LogP contribution in [0.2, 0.25) is 0 Å². The summed E-state index contributed by atoms with van der Waals surface area (Å²) in [6, 6.07) is 2.33. The Labute approximate surface area is 143 Å². The summed E-state index contributed by atoms with van der Waals surface area (Å²) in [4.78, 5) is 0. The highest BCUT2D eigenvalue weighted by atomic mass is 19.2. The minimum absolute atomic E-state index is 0.106. The lowest BCUT2D eigenvalue weighted by atomic mass is 9.73. The maximum Gasteiger partial charge on any atom is 0.194 e. The van der Waals surface area contributed by atoms with Crippen molar-refractivity contribution >= 4 is 0 Å². The van der Waals surface area contributed by atoms with Gasteiger partial charge in [0.15, 0.2) is 17.5 Å². The maximum atomic E-state index is 13.4. The summed E-state index contributed by atoms with van der Waals surface area (Å²) in [6.45, 7) is 2.26. The van der Waals surface area contributed by atoms with Gasteiger partial charge in [-0.1, -0.05) is 31.4 Å². The molecular weight excluding hydrogens is 309 g/mol. The second kappa shape index (κ2) is 7.76. The van der Waals surface area contributed by atoms with Gasteiger partial charge in [0.2, 0.25) is 0 Å². The molecular formula is C21H27F3. The molecule has 0 N–H and O–H groups in total. The first-order valence-corrected chi connectivity index (χ1v) is 9.41. The summed E-state index contributed by atoms with van der Waals surface area (Å²) >= 11 is 0. The topological polar surface area (TPSA) is 0 Å². The van der Waals surface area contributed by atoms with Crippen molar-refractivity contribution in [3.63, 3.8) is 0 Å². The van der Waals surface area contributed by atoms with Crippen molar-refractivity contribution < 1.29 is 13.2 Å². The number of benzene rings is 1. The molecule has 0 nitrogen and oxygen atoms in total. The molecule has 0 spiro atoms. The lowest BCUT2D eigenvalue weighted by Gasteiger charge is -2.33. The molecule has 132 valence electrons. The molecule has 1 saturated carbocycles. The van der Waals surface area contributed by atoms with E-state index >= 15 is 0 Å². The molecule has 3 heteroatoms. The molecule has 2 aliphatic rings. The highest BCUT2D eigenvalue weighted by Crippen LogP contribution is 2.41. The Balaban J connectivity index is 1.60. The van der Waals surface area contributed by atoms with Crippen LogP contribution in [0.5, 0.6) is 0 Å². The highest BCUT2D eigenvalue weighted by Gasteiger charge is 2.26. The van der Waals surface area contributed by atoms with E-state index in [9.17, 15) is 13.2 Å². The minimum Gasteiger partial charge on any atom is -0.204 e. The summed E-state index contributed by atoms with van der Waals surface area (Å²) in [5.74, 6) is -1.79. The summed E-state index contributed by atoms with van der Waals surface area (Å²) in [6.07, 6.45) is 12.9. The van der Waals surface area contributed by atoms with Gasteiger partial charge < -0.3 is 0 Å². The highest BCUT2D eigenvalue weighted by molar-refractivity contribution is 5.26. The quantitative estimate of drug-likeness (QED) is 0.414. The third-order valence-corrected chi connectivity index (χ3v) is 5.99. The molecule has 3 rings (SSSR count). The van der Waals surface area contributed by atoms with Gasteiger partial charge in [-0.15, -0.1) is 0 Å². The number of rotatable bonds is 4. The Morgan fingerprint density at radius 3 is 2.12 bits per heavy atom. The molecule has 0 radical (unpaired) electrons. The van der Waals surface area contributed by atoms with E-state index in [1.807, 2.05) is 0 Å². The van der Waals surface area contributed by atoms with E-state index in [1.165, 1.54) is 38.5 Å². The van der Waals surface area contributed by atoms with Crippen LogP contribution in [-0.2, 0) is 0 Å². The van der Waals surface area contributed by atoms with Crippen molar-refractivity contribution in [3.8, 4) is 0 Å². The zero-order valence-corrected chi connectivity index (χ0v) is 14.5. The fraction of sp³-hybridized carbons (Fsp3) is 0.619. The third-order valence-electron chi connectivity index (χ3n) is 5.99. The van der Waals surface area contributed by atoms with Gasteiger partial charge in [-0.2, -0.15) is 0 Å². The second-order valence-corrected chi connectivity index (χ2v) is 7.56. The number of halogens is 3. The molecule has 0 aromatic heterocycles. The number of hydrogen-bond acceptors (Lipinski definition) is 0. The first-order chi connectivity index (χ1) is 11.6. The first-order valence-electron chi connectivity index (χ1n) is 9.41. The third kappa shape index (κ3) is 3.87. The molecule has 0 saturated heterocycles. The largest absolute Gasteiger partial charge is 0.204 e. The fourth-order valence-corrected chi connectivity index (χ4v) is 4.57. The van der Waals surface area contributed by atoms with Gasteiger partial charge in [0.1, 0.15) is 0 Å². The van der Waals surface area contributed by atoms with Crippen LogP contribution in [0.4, 0.5) is 13.2 Å². The summed E-state index contributed by atoms with van der Waals surface area (Å²) in [5, 5.41) is 0. The Morgan fingerprint density at radius 1 is 0.917 bits per heavy atom. The molecule has 0 heterocycles. The second-order valence-electron chi connectivity index (χ2n) is 7.56. The Bertz CT molecular complexity index is 574. The molecule has 1 aromatic rings. The standard InChI is InChI=1S/C21H27F3/c1-2-3-14-4-6-15(7-5-14)16-8-10-17(11-9-16)18-12-19(22)21(24)20(23)13-18/h8,12-15,17H,2-7,9-11H2,1H3/t14-,15-,17?. The van der Waals surface area contributed by atoms with Crippen molar-refractivity contribution in [1.82, 2.24) is 0 Å². The SMILES string of the molecule is CCC[C@H]1CC[C@H](C2=CCC(c3cc(F)c(F)c(F)c3)CC2)CC1. The monoisotopic (exact) mass is 336 g/mol. The van der Waals surface area contributed by atoms with Gasteiger partial charge in [-0.25, -0.2) is 13.2 Å². The van der Waals surface area contributed by atoms with E-state index in [2.05, 4.69) is 13.0 Å². The van der Waals surface area contributed by atoms with Crippen molar-refractivity contribution in [3.05, 3.63) is 46.8 Å². The van der Waals surface area contributed by atoms with Crippen molar-refractivity contribution in [2.24, 2.45) is 11.8 Å². The number of hydrogen-bond donors (Lipinski definition) is 0. The van der Waals surface area contributed by atoms with Gasteiger partial charge in [0, 0.05) is 0 Å². The Hall–Kier alpha value is -1.25. The molecule has 1 unspecified atom stereocenters. The van der Waals surface area contributed by atoms with Gasteiger partial charge in [0.05, 0.1) is 0 Å². The zero-order valence-electron chi connectivity index (χ0n) is 14.5. The van der Waals surface area contributed by atoms with Gasteiger partial charge in [-0.05, 0) is 80.4 Å². The van der Waals surface area contributed by atoms with Gasteiger partial charge >= 0.3 is 0 Å². The number of allylic oxidation sites excluding steroid dienone is 2. The Morgan fingerprint density at radius 2 is 1.58 bits per heavy atom. The first kappa shape index (κ1) is 17.6. The summed E-state index contributed by atoms with van der Waals surface area (Å²) in [5.41, 5.74) is 2.14. The van der Waals surface area contributed by atoms with Crippen LogP contribution in [0.15, 0.2) is 23.8 Å². The average molecular weight is 336 g/mol. The van der Waals surface area contributed by atoms with Crippen LogP contribution < -0.4 is 0 Å². The van der Waals surface area contributed by atoms with Crippen LogP contribution in [0.3, 0.4) is 0 Å².